The Bertz CT molecular complexity index is 396. The number of ether oxygens (including phenoxy) is 2. The minimum atomic E-state index is 0.363. The average molecular weight is 267 g/mol. The summed E-state index contributed by atoms with van der Waals surface area (Å²) in [6.45, 7) is 2.94. The molecule has 0 atom stereocenters. The Morgan fingerprint density at radius 3 is 2.79 bits per heavy atom. The lowest BCUT2D eigenvalue weighted by atomic mass is 10.0. The van der Waals surface area contributed by atoms with Gasteiger partial charge >= 0.3 is 0 Å². The number of nitrogens with zero attached hydrogens (tertiary/aromatic N) is 2. The number of nitrogens with one attached hydrogen (secondary N) is 2. The molecule has 4 N–H and O–H groups in total. The second-order valence-electron chi connectivity index (χ2n) is 4.57. The summed E-state index contributed by atoms with van der Waals surface area (Å²) in [5.74, 6) is 7.98. The summed E-state index contributed by atoms with van der Waals surface area (Å²) < 4.78 is 10.4. The normalized spacial score (nSPS) is 16.3. The number of hydrazine groups is 1. The standard InChI is InChI=1S/C12H21N5O2/c1-18-8-12-15-10(6-11(16-12)17-13)14-7-9-2-4-19-5-3-9/h6,9H,2-5,7-8,13H2,1H3,(H2,14,15,16,17). The van der Waals surface area contributed by atoms with E-state index >= 15 is 0 Å². The van der Waals surface area contributed by atoms with Crippen LogP contribution >= 0.6 is 0 Å². The number of hydrogen-bond acceptors (Lipinski definition) is 7. The lowest BCUT2D eigenvalue weighted by molar-refractivity contribution is 0.0699. The molecule has 1 aliphatic rings. The largest absolute Gasteiger partial charge is 0.381 e. The van der Waals surface area contributed by atoms with E-state index in [1.807, 2.05) is 0 Å². The maximum Gasteiger partial charge on any atom is 0.158 e. The fourth-order valence-corrected chi connectivity index (χ4v) is 2.05. The summed E-state index contributed by atoms with van der Waals surface area (Å²) >= 11 is 0. The van der Waals surface area contributed by atoms with Crippen molar-refractivity contribution < 1.29 is 9.47 Å². The zero-order valence-electron chi connectivity index (χ0n) is 11.2. The number of aromatic nitrogens is 2. The van der Waals surface area contributed by atoms with Gasteiger partial charge in [0.05, 0.1) is 0 Å². The molecule has 2 heterocycles. The van der Waals surface area contributed by atoms with Crippen LogP contribution in [0.5, 0.6) is 0 Å². The van der Waals surface area contributed by atoms with Crippen LogP contribution in [-0.4, -0.2) is 36.8 Å². The van der Waals surface area contributed by atoms with E-state index in [-0.39, 0.29) is 0 Å². The molecule has 7 heteroatoms. The highest BCUT2D eigenvalue weighted by Gasteiger charge is 2.14. The Labute approximate surface area is 112 Å². The summed E-state index contributed by atoms with van der Waals surface area (Å²) in [7, 11) is 1.61. The predicted octanol–water partition coefficient (Wildman–Crippen LogP) is 0.747. The van der Waals surface area contributed by atoms with Gasteiger partial charge < -0.3 is 20.2 Å². The predicted molar refractivity (Wildman–Crippen MR) is 72.6 cm³/mol. The lowest BCUT2D eigenvalue weighted by Gasteiger charge is -2.22. The minimum absolute atomic E-state index is 0.363. The van der Waals surface area contributed by atoms with Gasteiger partial charge in [-0.3, -0.25) is 0 Å². The number of rotatable bonds is 6. The highest BCUT2D eigenvalue weighted by molar-refractivity contribution is 5.46. The number of methoxy groups -OCH3 is 1. The maximum absolute atomic E-state index is 5.40. The minimum Gasteiger partial charge on any atom is -0.381 e. The highest BCUT2D eigenvalue weighted by atomic mass is 16.5. The summed E-state index contributed by atoms with van der Waals surface area (Å²) in [6, 6.07) is 1.79. The van der Waals surface area contributed by atoms with E-state index < -0.39 is 0 Å². The first-order valence-electron chi connectivity index (χ1n) is 6.47. The van der Waals surface area contributed by atoms with Crippen LogP contribution in [-0.2, 0) is 16.1 Å². The monoisotopic (exact) mass is 267 g/mol. The van der Waals surface area contributed by atoms with E-state index in [0.29, 0.717) is 24.2 Å². The molecule has 0 amide bonds. The number of anilines is 2. The van der Waals surface area contributed by atoms with Crippen molar-refractivity contribution in [1.29, 1.82) is 0 Å². The first-order valence-corrected chi connectivity index (χ1v) is 6.47. The lowest BCUT2D eigenvalue weighted by Crippen LogP contribution is -2.23. The molecule has 1 aromatic rings. The van der Waals surface area contributed by atoms with Gasteiger partial charge in [0.25, 0.3) is 0 Å². The zero-order valence-corrected chi connectivity index (χ0v) is 11.2. The van der Waals surface area contributed by atoms with Crippen molar-refractivity contribution in [3.8, 4) is 0 Å². The van der Waals surface area contributed by atoms with E-state index in [9.17, 15) is 0 Å². The molecule has 1 aromatic heterocycles. The van der Waals surface area contributed by atoms with Crippen molar-refractivity contribution in [3.63, 3.8) is 0 Å². The third-order valence-electron chi connectivity index (χ3n) is 3.11. The van der Waals surface area contributed by atoms with Gasteiger partial charge in [-0.05, 0) is 18.8 Å². The molecule has 0 aliphatic carbocycles. The van der Waals surface area contributed by atoms with Crippen LogP contribution in [0.25, 0.3) is 0 Å². The molecule has 19 heavy (non-hydrogen) atoms. The van der Waals surface area contributed by atoms with Crippen molar-refractivity contribution in [3.05, 3.63) is 11.9 Å². The van der Waals surface area contributed by atoms with E-state index in [1.54, 1.807) is 13.2 Å². The van der Waals surface area contributed by atoms with Gasteiger partial charge in [-0.1, -0.05) is 0 Å². The molecule has 1 saturated heterocycles. The molecule has 2 rings (SSSR count). The van der Waals surface area contributed by atoms with E-state index in [4.69, 9.17) is 15.3 Å². The molecule has 106 valence electrons. The molecular formula is C12H21N5O2. The summed E-state index contributed by atoms with van der Waals surface area (Å²) in [6.07, 6.45) is 2.18. The van der Waals surface area contributed by atoms with Gasteiger partial charge in [-0.2, -0.15) is 0 Å². The summed E-state index contributed by atoms with van der Waals surface area (Å²) in [5.41, 5.74) is 2.54. The molecule has 7 nitrogen and oxygen atoms in total. The Balaban J connectivity index is 1.95. The fraction of sp³-hybridized carbons (Fsp3) is 0.667. The molecular weight excluding hydrogens is 246 g/mol. The second kappa shape index (κ2) is 7.22. The molecule has 0 unspecified atom stereocenters. The Morgan fingerprint density at radius 1 is 1.37 bits per heavy atom. The topological polar surface area (TPSA) is 94.3 Å². The van der Waals surface area contributed by atoms with Gasteiger partial charge in [0.1, 0.15) is 18.2 Å². The van der Waals surface area contributed by atoms with Crippen molar-refractivity contribution in [2.24, 2.45) is 11.8 Å². The van der Waals surface area contributed by atoms with Crippen molar-refractivity contribution in [2.45, 2.75) is 19.4 Å². The van der Waals surface area contributed by atoms with Gasteiger partial charge in [-0.15, -0.1) is 0 Å². The smallest absolute Gasteiger partial charge is 0.158 e. The molecule has 1 aliphatic heterocycles. The fourth-order valence-electron chi connectivity index (χ4n) is 2.05. The van der Waals surface area contributed by atoms with Gasteiger partial charge in [0, 0.05) is 32.9 Å². The Kier molecular flexibility index (Phi) is 5.31. The van der Waals surface area contributed by atoms with Crippen LogP contribution in [0.15, 0.2) is 6.07 Å². The number of nitrogen functional groups attached to an aromatic ring is 1. The first-order chi connectivity index (χ1) is 9.31. The molecule has 0 bridgehead atoms. The van der Waals surface area contributed by atoms with Crippen LogP contribution in [0.1, 0.15) is 18.7 Å². The number of nitrogens with two attached hydrogens (primary N) is 1. The molecule has 0 spiro atoms. The Hall–Kier alpha value is -1.44. The maximum atomic E-state index is 5.40. The second-order valence-corrected chi connectivity index (χ2v) is 4.57. The quantitative estimate of drug-likeness (QED) is 0.517. The highest BCUT2D eigenvalue weighted by Crippen LogP contribution is 2.16. The van der Waals surface area contributed by atoms with Crippen LogP contribution < -0.4 is 16.6 Å². The first kappa shape index (κ1) is 14.0. The van der Waals surface area contributed by atoms with Crippen LogP contribution in [0.3, 0.4) is 0 Å². The van der Waals surface area contributed by atoms with Crippen LogP contribution in [0, 0.1) is 5.92 Å². The van der Waals surface area contributed by atoms with E-state index in [1.165, 1.54) is 0 Å². The van der Waals surface area contributed by atoms with Gasteiger partial charge in [0.2, 0.25) is 0 Å². The van der Waals surface area contributed by atoms with Crippen molar-refractivity contribution >= 4 is 11.6 Å². The third kappa shape index (κ3) is 4.30. The summed E-state index contributed by atoms with van der Waals surface area (Å²) in [5, 5.41) is 3.33. The third-order valence-corrected chi connectivity index (χ3v) is 3.11. The van der Waals surface area contributed by atoms with Crippen molar-refractivity contribution in [1.82, 2.24) is 9.97 Å². The van der Waals surface area contributed by atoms with Crippen molar-refractivity contribution in [2.75, 3.05) is 37.6 Å². The van der Waals surface area contributed by atoms with Crippen LogP contribution in [0.4, 0.5) is 11.6 Å². The molecule has 0 saturated carbocycles. The van der Waals surface area contributed by atoms with Gasteiger partial charge in [0.15, 0.2) is 5.82 Å². The SMILES string of the molecule is COCc1nc(NN)cc(NCC2CCOCC2)n1. The van der Waals surface area contributed by atoms with E-state index in [2.05, 4.69) is 20.7 Å². The Morgan fingerprint density at radius 2 is 2.11 bits per heavy atom. The van der Waals surface area contributed by atoms with E-state index in [0.717, 1.165) is 38.4 Å². The molecule has 0 radical (unpaired) electrons. The van der Waals surface area contributed by atoms with Crippen LogP contribution in [0.2, 0.25) is 0 Å². The molecule has 0 aromatic carbocycles. The average Bonchev–Trinajstić information content (AvgIpc) is 2.46. The molecule has 1 fully saturated rings. The number of hydrogen-bond donors (Lipinski definition) is 3. The zero-order chi connectivity index (χ0) is 13.5. The summed E-state index contributed by atoms with van der Waals surface area (Å²) in [4.78, 5) is 8.59. The van der Waals surface area contributed by atoms with Gasteiger partial charge in [-0.25, -0.2) is 15.8 Å².